The first-order chi connectivity index (χ1) is 16.3. The van der Waals surface area contributed by atoms with Gasteiger partial charge in [0.15, 0.2) is 22.8 Å². The first kappa shape index (κ1) is 23.0. The summed E-state index contributed by atoms with van der Waals surface area (Å²) in [5.74, 6) is -0.166. The van der Waals surface area contributed by atoms with Crippen molar-refractivity contribution < 1.29 is 17.9 Å². The molecular formula is C23H17Cl2N3O4S2. The molecule has 0 radical (unpaired) electrons. The van der Waals surface area contributed by atoms with Crippen molar-refractivity contribution in [3.63, 3.8) is 0 Å². The summed E-state index contributed by atoms with van der Waals surface area (Å²) in [6, 6.07) is 11.4. The number of rotatable bonds is 6. The number of pyridine rings is 1. The number of sulfonamides is 1. The van der Waals surface area contributed by atoms with Gasteiger partial charge in [0.25, 0.3) is 10.0 Å². The fourth-order valence-electron chi connectivity index (χ4n) is 4.00. The van der Waals surface area contributed by atoms with Crippen molar-refractivity contribution in [2.24, 2.45) is 0 Å². The second-order valence-corrected chi connectivity index (χ2v) is 11.1. The Hall–Kier alpha value is -2.72. The zero-order valence-corrected chi connectivity index (χ0v) is 20.6. The zero-order chi connectivity index (χ0) is 23.9. The third-order valence-electron chi connectivity index (χ3n) is 5.64. The summed E-state index contributed by atoms with van der Waals surface area (Å²) < 4.78 is 33.6. The van der Waals surface area contributed by atoms with E-state index in [1.165, 1.54) is 29.7 Å². The highest BCUT2D eigenvalue weighted by Crippen LogP contribution is 2.40. The van der Waals surface area contributed by atoms with Gasteiger partial charge in [-0.15, -0.1) is 11.3 Å². The molecule has 1 aliphatic carbocycles. The number of ketones is 1. The number of benzene rings is 2. The smallest absolute Gasteiger partial charge is 0.263 e. The van der Waals surface area contributed by atoms with Crippen LogP contribution in [0.3, 0.4) is 0 Å². The second-order valence-electron chi connectivity index (χ2n) is 7.72. The van der Waals surface area contributed by atoms with Crippen molar-refractivity contribution >= 4 is 66.4 Å². The van der Waals surface area contributed by atoms with Gasteiger partial charge < -0.3 is 4.74 Å². The topological polar surface area (TPSA) is 98.2 Å². The van der Waals surface area contributed by atoms with E-state index < -0.39 is 22.0 Å². The summed E-state index contributed by atoms with van der Waals surface area (Å²) >= 11 is 13.8. The average molecular weight is 534 g/mol. The van der Waals surface area contributed by atoms with Crippen LogP contribution in [0.1, 0.15) is 24.3 Å². The number of hydrogen-bond acceptors (Lipinski definition) is 7. The molecule has 0 saturated heterocycles. The molecule has 34 heavy (non-hydrogen) atoms. The van der Waals surface area contributed by atoms with Crippen molar-refractivity contribution in [1.82, 2.24) is 9.97 Å². The quantitative estimate of drug-likeness (QED) is 0.341. The molecule has 1 saturated carbocycles. The van der Waals surface area contributed by atoms with Gasteiger partial charge in [-0.3, -0.25) is 14.5 Å². The molecule has 7 nitrogen and oxygen atoms in total. The summed E-state index contributed by atoms with van der Waals surface area (Å²) in [6.45, 7) is 0. The summed E-state index contributed by atoms with van der Waals surface area (Å²) in [4.78, 5) is 21.5. The predicted molar refractivity (Wildman–Crippen MR) is 133 cm³/mol. The summed E-state index contributed by atoms with van der Waals surface area (Å²) in [5, 5.41) is 3.40. The summed E-state index contributed by atoms with van der Waals surface area (Å²) in [5.41, 5.74) is 1.23. The van der Waals surface area contributed by atoms with Gasteiger partial charge in [-0.25, -0.2) is 13.4 Å². The molecule has 0 amide bonds. The zero-order valence-electron chi connectivity index (χ0n) is 17.4. The fraction of sp³-hybridized carbons (Fsp3) is 0.174. The minimum absolute atomic E-state index is 0.0911. The van der Waals surface area contributed by atoms with Crippen molar-refractivity contribution in [3.8, 4) is 5.75 Å². The van der Waals surface area contributed by atoms with Gasteiger partial charge in [0.1, 0.15) is 5.52 Å². The van der Waals surface area contributed by atoms with Crippen molar-refractivity contribution in [1.29, 1.82) is 0 Å². The van der Waals surface area contributed by atoms with Crippen LogP contribution in [-0.2, 0) is 14.8 Å². The molecule has 1 aliphatic rings. The molecule has 2 aromatic carbocycles. The Morgan fingerprint density at radius 1 is 1.03 bits per heavy atom. The lowest BCUT2D eigenvalue weighted by atomic mass is 9.97. The number of carbonyl (C=O) groups is 1. The largest absolute Gasteiger partial charge is 0.479 e. The molecule has 4 aromatic rings. The number of thiazole rings is 1. The second kappa shape index (κ2) is 9.14. The molecule has 1 N–H and O–H groups in total. The van der Waals surface area contributed by atoms with Crippen LogP contribution in [-0.4, -0.2) is 30.3 Å². The Labute approximate surface area is 209 Å². The number of nitrogens with zero attached hydrogens (tertiary/aromatic N) is 2. The number of hydrogen-bond donors (Lipinski definition) is 1. The van der Waals surface area contributed by atoms with E-state index in [1.54, 1.807) is 35.8 Å². The van der Waals surface area contributed by atoms with Gasteiger partial charge in [0.05, 0.1) is 14.9 Å². The normalized spacial score (nSPS) is 18.4. The highest BCUT2D eigenvalue weighted by Gasteiger charge is 2.37. The van der Waals surface area contributed by atoms with E-state index in [2.05, 4.69) is 14.7 Å². The Morgan fingerprint density at radius 2 is 1.82 bits per heavy atom. The SMILES string of the molecule is O=C1C(Oc2c(Cl)cc(Cl)c3cccnc23)CCC1c1ccc(S(=O)(=O)Nc2nccs2)cc1. The third-order valence-corrected chi connectivity index (χ3v) is 8.40. The molecule has 11 heteroatoms. The van der Waals surface area contributed by atoms with Crippen LogP contribution in [0.4, 0.5) is 5.13 Å². The number of Topliss-reactive ketones (excluding diaryl/α,β-unsaturated/α-hetero) is 1. The Balaban J connectivity index is 1.34. The van der Waals surface area contributed by atoms with E-state index in [1.807, 2.05) is 6.07 Å². The minimum Gasteiger partial charge on any atom is -0.479 e. The van der Waals surface area contributed by atoms with E-state index in [9.17, 15) is 13.2 Å². The molecule has 2 aromatic heterocycles. The number of halogens is 2. The van der Waals surface area contributed by atoms with Crippen LogP contribution < -0.4 is 9.46 Å². The standard InChI is InChI=1S/C23H17Cl2N3O4S2/c24-17-12-18(25)22(20-16(17)2-1-9-26-20)32-19-8-7-15(21(19)29)13-3-5-14(6-4-13)34(30,31)28-23-27-10-11-33-23/h1-6,9-12,15,19H,7-8H2,(H,27,28). The van der Waals surface area contributed by atoms with Crippen molar-refractivity contribution in [2.75, 3.05) is 4.72 Å². The van der Waals surface area contributed by atoms with Gasteiger partial charge in [-0.2, -0.15) is 0 Å². The van der Waals surface area contributed by atoms with E-state index in [0.717, 1.165) is 5.56 Å². The first-order valence-corrected chi connectivity index (χ1v) is 13.4. The predicted octanol–water partition coefficient (Wildman–Crippen LogP) is 5.69. The molecule has 5 rings (SSSR count). The lowest BCUT2D eigenvalue weighted by molar-refractivity contribution is -0.124. The van der Waals surface area contributed by atoms with E-state index >= 15 is 0 Å². The lowest BCUT2D eigenvalue weighted by Gasteiger charge is -2.17. The number of fused-ring (bicyclic) bond motifs is 1. The van der Waals surface area contributed by atoms with Crippen molar-refractivity contribution in [3.05, 3.63) is 75.8 Å². The molecule has 2 unspecified atom stereocenters. The number of ether oxygens (including phenoxy) is 1. The molecule has 1 fully saturated rings. The van der Waals surface area contributed by atoms with Gasteiger partial charge in [-0.05, 0) is 48.7 Å². The maximum atomic E-state index is 13.2. The number of nitrogens with one attached hydrogen (secondary N) is 1. The third kappa shape index (κ3) is 4.36. The monoisotopic (exact) mass is 533 g/mol. The van der Waals surface area contributed by atoms with Crippen LogP contribution in [0.25, 0.3) is 10.9 Å². The Kier molecular flexibility index (Phi) is 6.20. The van der Waals surface area contributed by atoms with Crippen molar-refractivity contribution in [2.45, 2.75) is 29.8 Å². The molecular weight excluding hydrogens is 517 g/mol. The lowest BCUT2D eigenvalue weighted by Crippen LogP contribution is -2.24. The molecule has 2 atom stereocenters. The van der Waals surface area contributed by atoms with Gasteiger partial charge in [0.2, 0.25) is 0 Å². The molecule has 2 heterocycles. The number of anilines is 1. The highest BCUT2D eigenvalue weighted by atomic mass is 35.5. The molecule has 0 spiro atoms. The maximum absolute atomic E-state index is 13.2. The van der Waals surface area contributed by atoms with Gasteiger partial charge in [0, 0.05) is 29.1 Å². The molecule has 174 valence electrons. The van der Waals surface area contributed by atoms with Crippen LogP contribution in [0.2, 0.25) is 10.0 Å². The van der Waals surface area contributed by atoms with E-state index in [-0.39, 0.29) is 20.8 Å². The van der Waals surface area contributed by atoms with E-state index in [0.29, 0.717) is 34.5 Å². The van der Waals surface area contributed by atoms with Gasteiger partial charge >= 0.3 is 0 Å². The Morgan fingerprint density at radius 3 is 2.56 bits per heavy atom. The molecule has 0 aliphatic heterocycles. The Bertz CT molecular complexity index is 1480. The first-order valence-electron chi connectivity index (χ1n) is 10.3. The summed E-state index contributed by atoms with van der Waals surface area (Å²) in [7, 11) is -3.76. The van der Waals surface area contributed by atoms with Gasteiger partial charge in [-0.1, -0.05) is 35.3 Å². The van der Waals surface area contributed by atoms with E-state index in [4.69, 9.17) is 27.9 Å². The molecule has 0 bridgehead atoms. The van der Waals surface area contributed by atoms with Crippen LogP contribution in [0, 0.1) is 0 Å². The number of carbonyl (C=O) groups excluding carboxylic acids is 1. The van der Waals surface area contributed by atoms with Crippen LogP contribution in [0.5, 0.6) is 5.75 Å². The average Bonchev–Trinajstić information content (AvgIpc) is 3.46. The van der Waals surface area contributed by atoms with Crippen LogP contribution >= 0.6 is 34.5 Å². The fourth-order valence-corrected chi connectivity index (χ4v) is 6.35. The minimum atomic E-state index is -3.76. The maximum Gasteiger partial charge on any atom is 0.263 e. The highest BCUT2D eigenvalue weighted by molar-refractivity contribution is 7.93. The summed E-state index contributed by atoms with van der Waals surface area (Å²) in [6.07, 6.45) is 3.52. The number of aromatic nitrogens is 2. The van der Waals surface area contributed by atoms with Crippen LogP contribution in [0.15, 0.2) is 65.1 Å².